The third kappa shape index (κ3) is 2.38. The first kappa shape index (κ1) is 12.7. The fourth-order valence-corrected chi connectivity index (χ4v) is 2.14. The first-order chi connectivity index (χ1) is 9.63. The van der Waals surface area contributed by atoms with E-state index in [1.165, 1.54) is 12.1 Å². The fourth-order valence-electron chi connectivity index (χ4n) is 2.14. The molecule has 4 heteroatoms. The summed E-state index contributed by atoms with van der Waals surface area (Å²) >= 11 is 0. The molecular weight excluding hydrogens is 255 g/mol. The number of hydrogen-bond donors (Lipinski definition) is 1. The van der Waals surface area contributed by atoms with E-state index >= 15 is 0 Å². The van der Waals surface area contributed by atoms with Gasteiger partial charge < -0.3 is 5.11 Å². The molecule has 3 nitrogen and oxygen atoms in total. The molecule has 3 aromatic rings. The number of pyridine rings is 2. The summed E-state index contributed by atoms with van der Waals surface area (Å²) in [5.41, 5.74) is 2.96. The third-order valence-electron chi connectivity index (χ3n) is 3.20. The molecule has 0 saturated heterocycles. The number of aryl methyl sites for hydroxylation is 1. The van der Waals surface area contributed by atoms with Crippen LogP contribution in [0.4, 0.5) is 4.39 Å². The van der Waals surface area contributed by atoms with Gasteiger partial charge in [-0.05, 0) is 42.8 Å². The number of aliphatic hydroxyl groups is 1. The predicted molar refractivity (Wildman–Crippen MR) is 74.7 cm³/mol. The molecule has 1 N–H and O–H groups in total. The molecule has 100 valence electrons. The second kappa shape index (κ2) is 4.98. The van der Waals surface area contributed by atoms with Crippen LogP contribution in [-0.4, -0.2) is 15.1 Å². The largest absolute Gasteiger partial charge is 0.382 e. The maximum atomic E-state index is 12.8. The van der Waals surface area contributed by atoms with Gasteiger partial charge in [0, 0.05) is 11.1 Å². The number of aromatic nitrogens is 2. The van der Waals surface area contributed by atoms with Gasteiger partial charge >= 0.3 is 0 Å². The highest BCUT2D eigenvalue weighted by Gasteiger charge is 2.12. The van der Waals surface area contributed by atoms with E-state index in [1.54, 1.807) is 0 Å². The Morgan fingerprint density at radius 3 is 2.70 bits per heavy atom. The Labute approximate surface area is 115 Å². The van der Waals surface area contributed by atoms with Crippen molar-refractivity contribution in [2.24, 2.45) is 0 Å². The molecule has 0 aliphatic rings. The molecule has 3 rings (SSSR count). The van der Waals surface area contributed by atoms with Crippen LogP contribution in [0.5, 0.6) is 0 Å². The summed E-state index contributed by atoms with van der Waals surface area (Å²) in [6.07, 6.45) is 0.228. The highest BCUT2D eigenvalue weighted by Crippen LogP contribution is 2.23. The Morgan fingerprint density at radius 1 is 1.10 bits per heavy atom. The molecule has 1 atom stereocenters. The molecule has 0 aliphatic heterocycles. The van der Waals surface area contributed by atoms with Crippen molar-refractivity contribution < 1.29 is 9.50 Å². The normalized spacial score (nSPS) is 12.6. The van der Waals surface area contributed by atoms with E-state index in [2.05, 4.69) is 9.97 Å². The van der Waals surface area contributed by atoms with Crippen LogP contribution in [0.1, 0.15) is 23.1 Å². The average molecular weight is 268 g/mol. The van der Waals surface area contributed by atoms with Gasteiger partial charge in [0.2, 0.25) is 0 Å². The minimum absolute atomic E-state index is 0.417. The molecular formula is C16H13FN2O. The SMILES string of the molecule is Cc1ccc2cc(C(O)c3ccc(F)cn3)ccc2n1. The van der Waals surface area contributed by atoms with Crippen molar-refractivity contribution in [3.63, 3.8) is 0 Å². The molecule has 1 aromatic carbocycles. The first-order valence-corrected chi connectivity index (χ1v) is 6.30. The van der Waals surface area contributed by atoms with E-state index in [0.717, 1.165) is 22.8 Å². The molecule has 2 heterocycles. The second-order valence-corrected chi connectivity index (χ2v) is 4.71. The molecule has 2 aromatic heterocycles. The monoisotopic (exact) mass is 268 g/mol. The van der Waals surface area contributed by atoms with Gasteiger partial charge in [-0.1, -0.05) is 12.1 Å². The van der Waals surface area contributed by atoms with Crippen LogP contribution in [0.25, 0.3) is 10.9 Å². The summed E-state index contributed by atoms with van der Waals surface area (Å²) in [5, 5.41) is 11.2. The number of rotatable bonds is 2. The Balaban J connectivity index is 2.01. The van der Waals surface area contributed by atoms with E-state index in [4.69, 9.17) is 0 Å². The lowest BCUT2D eigenvalue weighted by Gasteiger charge is -2.11. The van der Waals surface area contributed by atoms with Crippen LogP contribution < -0.4 is 0 Å². The van der Waals surface area contributed by atoms with Crippen molar-refractivity contribution in [1.29, 1.82) is 0 Å². The minimum Gasteiger partial charge on any atom is -0.382 e. The molecule has 20 heavy (non-hydrogen) atoms. The Bertz CT molecular complexity index is 756. The van der Waals surface area contributed by atoms with Crippen molar-refractivity contribution in [2.75, 3.05) is 0 Å². The molecule has 1 unspecified atom stereocenters. The van der Waals surface area contributed by atoms with Crippen molar-refractivity contribution in [3.8, 4) is 0 Å². The van der Waals surface area contributed by atoms with Gasteiger partial charge in [-0.2, -0.15) is 0 Å². The highest BCUT2D eigenvalue weighted by atomic mass is 19.1. The molecule has 0 bridgehead atoms. The van der Waals surface area contributed by atoms with Crippen LogP contribution >= 0.6 is 0 Å². The maximum Gasteiger partial charge on any atom is 0.141 e. The summed E-state index contributed by atoms with van der Waals surface area (Å²) in [4.78, 5) is 8.32. The number of halogens is 1. The van der Waals surface area contributed by atoms with E-state index in [0.29, 0.717) is 11.3 Å². The number of aliphatic hydroxyl groups excluding tert-OH is 1. The van der Waals surface area contributed by atoms with Crippen LogP contribution in [0.15, 0.2) is 48.7 Å². The van der Waals surface area contributed by atoms with Gasteiger partial charge in [-0.25, -0.2) is 4.39 Å². The van der Waals surface area contributed by atoms with E-state index in [1.807, 2.05) is 37.3 Å². The van der Waals surface area contributed by atoms with Crippen molar-refractivity contribution >= 4 is 10.9 Å². The van der Waals surface area contributed by atoms with Gasteiger partial charge in [0.25, 0.3) is 0 Å². The highest BCUT2D eigenvalue weighted by molar-refractivity contribution is 5.79. The molecule has 0 fully saturated rings. The van der Waals surface area contributed by atoms with Gasteiger partial charge in [0.15, 0.2) is 0 Å². The van der Waals surface area contributed by atoms with Gasteiger partial charge in [-0.3, -0.25) is 9.97 Å². The van der Waals surface area contributed by atoms with Crippen molar-refractivity contribution in [3.05, 3.63) is 71.4 Å². The average Bonchev–Trinajstić information content (AvgIpc) is 2.47. The second-order valence-electron chi connectivity index (χ2n) is 4.71. The van der Waals surface area contributed by atoms with Crippen LogP contribution in [-0.2, 0) is 0 Å². The summed E-state index contributed by atoms with van der Waals surface area (Å²) in [7, 11) is 0. The fraction of sp³-hybridized carbons (Fsp3) is 0.125. The molecule has 0 radical (unpaired) electrons. The van der Waals surface area contributed by atoms with Crippen LogP contribution in [0, 0.1) is 12.7 Å². The topological polar surface area (TPSA) is 46.0 Å². The molecule has 0 saturated carbocycles. The van der Waals surface area contributed by atoms with E-state index in [9.17, 15) is 9.50 Å². The number of hydrogen-bond acceptors (Lipinski definition) is 3. The summed E-state index contributed by atoms with van der Waals surface area (Å²) in [6, 6.07) is 12.2. The quantitative estimate of drug-likeness (QED) is 0.776. The Morgan fingerprint density at radius 2 is 1.95 bits per heavy atom. The maximum absolute atomic E-state index is 12.8. The number of nitrogens with zero attached hydrogens (tertiary/aromatic N) is 2. The standard InChI is InChI=1S/C16H13FN2O/c1-10-2-3-11-8-12(4-6-14(11)19-10)16(20)15-7-5-13(17)9-18-15/h2-9,16,20H,1H3. The van der Waals surface area contributed by atoms with Gasteiger partial charge in [0.1, 0.15) is 11.9 Å². The third-order valence-corrected chi connectivity index (χ3v) is 3.20. The zero-order chi connectivity index (χ0) is 14.1. The molecule has 0 amide bonds. The lowest BCUT2D eigenvalue weighted by Crippen LogP contribution is -2.02. The zero-order valence-electron chi connectivity index (χ0n) is 10.9. The van der Waals surface area contributed by atoms with Crippen molar-refractivity contribution in [2.45, 2.75) is 13.0 Å². The van der Waals surface area contributed by atoms with Crippen molar-refractivity contribution in [1.82, 2.24) is 9.97 Å². The summed E-state index contributed by atoms with van der Waals surface area (Å²) < 4.78 is 12.8. The predicted octanol–water partition coefficient (Wildman–Crippen LogP) is 3.16. The number of benzene rings is 1. The van der Waals surface area contributed by atoms with Gasteiger partial charge in [-0.15, -0.1) is 0 Å². The lowest BCUT2D eigenvalue weighted by molar-refractivity contribution is 0.215. The Hall–Kier alpha value is -2.33. The zero-order valence-corrected chi connectivity index (χ0v) is 10.9. The van der Waals surface area contributed by atoms with E-state index in [-0.39, 0.29) is 0 Å². The number of fused-ring (bicyclic) bond motifs is 1. The lowest BCUT2D eigenvalue weighted by atomic mass is 10.0. The minimum atomic E-state index is -0.874. The summed E-state index contributed by atoms with van der Waals surface area (Å²) in [5.74, 6) is -0.417. The van der Waals surface area contributed by atoms with Gasteiger partial charge in [0.05, 0.1) is 17.4 Å². The summed E-state index contributed by atoms with van der Waals surface area (Å²) in [6.45, 7) is 1.94. The Kier molecular flexibility index (Phi) is 3.16. The molecule has 0 spiro atoms. The molecule has 0 aliphatic carbocycles. The van der Waals surface area contributed by atoms with Crippen LogP contribution in [0.2, 0.25) is 0 Å². The smallest absolute Gasteiger partial charge is 0.141 e. The van der Waals surface area contributed by atoms with Crippen LogP contribution in [0.3, 0.4) is 0 Å². The van der Waals surface area contributed by atoms with E-state index < -0.39 is 11.9 Å². The first-order valence-electron chi connectivity index (χ1n) is 6.30.